The van der Waals surface area contributed by atoms with Gasteiger partial charge in [0.25, 0.3) is 5.69 Å². The summed E-state index contributed by atoms with van der Waals surface area (Å²) in [6.45, 7) is 0.530. The van der Waals surface area contributed by atoms with Crippen molar-refractivity contribution in [2.24, 2.45) is 0 Å². The molecular weight excluding hydrogens is 284 g/mol. The third-order valence-electron chi connectivity index (χ3n) is 3.01. The molecular formula is C14H12N6O2. The van der Waals surface area contributed by atoms with Crippen LogP contribution < -0.4 is 5.32 Å². The molecule has 3 aromatic heterocycles. The monoisotopic (exact) mass is 296 g/mol. The van der Waals surface area contributed by atoms with Crippen LogP contribution in [0.1, 0.15) is 5.56 Å². The number of hydrogen-bond donors (Lipinski definition) is 1. The average molecular weight is 296 g/mol. The molecule has 8 nitrogen and oxygen atoms in total. The van der Waals surface area contributed by atoms with Crippen LogP contribution in [0, 0.1) is 10.1 Å². The van der Waals surface area contributed by atoms with Gasteiger partial charge in [-0.05, 0) is 17.7 Å². The van der Waals surface area contributed by atoms with E-state index in [2.05, 4.69) is 20.3 Å². The molecule has 3 aromatic rings. The van der Waals surface area contributed by atoms with Crippen molar-refractivity contribution >= 4 is 11.5 Å². The van der Waals surface area contributed by atoms with E-state index < -0.39 is 4.92 Å². The average Bonchev–Trinajstić information content (AvgIpc) is 3.08. The Morgan fingerprint density at radius 3 is 2.68 bits per heavy atom. The molecule has 0 saturated heterocycles. The summed E-state index contributed by atoms with van der Waals surface area (Å²) in [5.74, 6) is 1.36. The van der Waals surface area contributed by atoms with Gasteiger partial charge in [-0.15, -0.1) is 0 Å². The number of hydrogen-bond acceptors (Lipinski definition) is 6. The van der Waals surface area contributed by atoms with Crippen LogP contribution in [0.15, 0.2) is 55.4 Å². The van der Waals surface area contributed by atoms with Crippen molar-refractivity contribution in [2.75, 3.05) is 5.32 Å². The largest absolute Gasteiger partial charge is 0.366 e. The maximum absolute atomic E-state index is 10.6. The van der Waals surface area contributed by atoms with Crippen molar-refractivity contribution in [1.29, 1.82) is 0 Å². The molecule has 3 rings (SSSR count). The number of rotatable bonds is 5. The Morgan fingerprint density at radius 1 is 1.18 bits per heavy atom. The molecule has 0 saturated carbocycles. The highest BCUT2D eigenvalue weighted by Gasteiger charge is 2.05. The van der Waals surface area contributed by atoms with Gasteiger partial charge in [0.2, 0.25) is 0 Å². The Kier molecular flexibility index (Phi) is 3.73. The number of nitrogens with zero attached hydrogens (tertiary/aromatic N) is 5. The SMILES string of the molecule is O=[N+]([O-])c1ccc(NCc2ccc(-n3ccnc3)nc2)nc1. The fraction of sp³-hybridized carbons (Fsp3) is 0.0714. The summed E-state index contributed by atoms with van der Waals surface area (Å²) in [6.07, 6.45) is 8.18. The Morgan fingerprint density at radius 2 is 2.09 bits per heavy atom. The summed E-state index contributed by atoms with van der Waals surface area (Å²) in [6, 6.07) is 6.82. The first kappa shape index (κ1) is 13.7. The molecule has 110 valence electrons. The fourth-order valence-corrected chi connectivity index (χ4v) is 1.86. The topological polar surface area (TPSA) is 98.8 Å². The molecule has 1 N–H and O–H groups in total. The van der Waals surface area contributed by atoms with Gasteiger partial charge in [-0.1, -0.05) is 6.07 Å². The van der Waals surface area contributed by atoms with E-state index in [1.165, 1.54) is 12.3 Å². The summed E-state index contributed by atoms with van der Waals surface area (Å²) >= 11 is 0. The van der Waals surface area contributed by atoms with E-state index in [0.29, 0.717) is 12.4 Å². The molecule has 0 radical (unpaired) electrons. The Bertz CT molecular complexity index is 753. The van der Waals surface area contributed by atoms with Crippen molar-refractivity contribution in [3.8, 4) is 5.82 Å². The zero-order chi connectivity index (χ0) is 15.4. The summed E-state index contributed by atoms with van der Waals surface area (Å²) in [4.78, 5) is 22.4. The second kappa shape index (κ2) is 6.00. The van der Waals surface area contributed by atoms with Crippen molar-refractivity contribution in [3.63, 3.8) is 0 Å². The van der Waals surface area contributed by atoms with Crippen LogP contribution in [0.2, 0.25) is 0 Å². The number of imidazole rings is 1. The van der Waals surface area contributed by atoms with Crippen LogP contribution in [0.3, 0.4) is 0 Å². The number of nitrogens with one attached hydrogen (secondary N) is 1. The first-order valence-corrected chi connectivity index (χ1v) is 6.50. The lowest BCUT2D eigenvalue weighted by molar-refractivity contribution is -0.385. The number of nitro groups is 1. The minimum atomic E-state index is -0.477. The summed E-state index contributed by atoms with van der Waals surface area (Å²) in [5.41, 5.74) is 0.945. The minimum absolute atomic E-state index is 0.0306. The standard InChI is InChI=1S/C14H12N6O2/c21-20(22)12-2-3-13(17-9-12)16-7-11-1-4-14(18-8-11)19-6-5-15-10-19/h1-6,8-10H,7H2,(H,16,17). The molecule has 0 aliphatic carbocycles. The lowest BCUT2D eigenvalue weighted by atomic mass is 10.3. The second-order valence-electron chi connectivity index (χ2n) is 4.51. The van der Waals surface area contributed by atoms with Gasteiger partial charge in [-0.2, -0.15) is 0 Å². The maximum Gasteiger partial charge on any atom is 0.287 e. The van der Waals surface area contributed by atoms with Gasteiger partial charge in [0.1, 0.15) is 24.2 Å². The van der Waals surface area contributed by atoms with Crippen molar-refractivity contribution in [2.45, 2.75) is 6.54 Å². The van der Waals surface area contributed by atoms with Crippen LogP contribution >= 0.6 is 0 Å². The molecule has 0 fully saturated rings. The van der Waals surface area contributed by atoms with Gasteiger partial charge >= 0.3 is 0 Å². The second-order valence-corrected chi connectivity index (χ2v) is 4.51. The molecule has 0 spiro atoms. The van der Waals surface area contributed by atoms with Crippen LogP contribution in [0.25, 0.3) is 5.82 Å². The molecule has 0 atom stereocenters. The van der Waals surface area contributed by atoms with Gasteiger partial charge in [-0.3, -0.25) is 14.7 Å². The molecule has 0 bridgehead atoms. The van der Waals surface area contributed by atoms with E-state index in [1.54, 1.807) is 24.8 Å². The highest BCUT2D eigenvalue weighted by Crippen LogP contribution is 2.13. The molecule has 0 amide bonds. The van der Waals surface area contributed by atoms with Crippen molar-refractivity contribution in [3.05, 3.63) is 71.1 Å². The van der Waals surface area contributed by atoms with E-state index in [0.717, 1.165) is 11.4 Å². The Hall–Kier alpha value is -3.29. The molecule has 22 heavy (non-hydrogen) atoms. The Balaban J connectivity index is 1.63. The van der Waals surface area contributed by atoms with Gasteiger partial charge in [0.15, 0.2) is 0 Å². The highest BCUT2D eigenvalue weighted by molar-refractivity contribution is 5.40. The summed E-state index contributed by atoms with van der Waals surface area (Å²) in [7, 11) is 0. The lowest BCUT2D eigenvalue weighted by Gasteiger charge is -2.06. The molecule has 8 heteroatoms. The normalized spacial score (nSPS) is 10.4. The quantitative estimate of drug-likeness (QED) is 0.572. The predicted octanol–water partition coefficient (Wildman–Crippen LogP) is 2.18. The molecule has 0 aromatic carbocycles. The third-order valence-corrected chi connectivity index (χ3v) is 3.01. The van der Waals surface area contributed by atoms with Crippen LogP contribution in [-0.4, -0.2) is 24.4 Å². The zero-order valence-electron chi connectivity index (χ0n) is 11.5. The lowest BCUT2D eigenvalue weighted by Crippen LogP contribution is -2.03. The van der Waals surface area contributed by atoms with E-state index in [1.807, 2.05) is 22.9 Å². The van der Waals surface area contributed by atoms with Gasteiger partial charge in [0.05, 0.1) is 4.92 Å². The van der Waals surface area contributed by atoms with E-state index in [4.69, 9.17) is 0 Å². The number of anilines is 1. The first-order valence-electron chi connectivity index (χ1n) is 6.50. The Labute approximate surface area is 125 Å². The zero-order valence-corrected chi connectivity index (χ0v) is 11.5. The number of aromatic nitrogens is 4. The first-order chi connectivity index (χ1) is 10.7. The molecule has 0 aliphatic rings. The van der Waals surface area contributed by atoms with Crippen molar-refractivity contribution < 1.29 is 4.92 Å². The van der Waals surface area contributed by atoms with Crippen molar-refractivity contribution in [1.82, 2.24) is 19.5 Å². The molecule has 0 aliphatic heterocycles. The summed E-state index contributed by atoms with van der Waals surface area (Å²) < 4.78 is 1.81. The third kappa shape index (κ3) is 3.06. The van der Waals surface area contributed by atoms with E-state index >= 15 is 0 Å². The van der Waals surface area contributed by atoms with Gasteiger partial charge in [-0.25, -0.2) is 15.0 Å². The predicted molar refractivity (Wildman–Crippen MR) is 79.6 cm³/mol. The van der Waals surface area contributed by atoms with Crippen LogP contribution in [0.4, 0.5) is 11.5 Å². The van der Waals surface area contributed by atoms with E-state index in [9.17, 15) is 10.1 Å². The van der Waals surface area contributed by atoms with E-state index in [-0.39, 0.29) is 5.69 Å². The molecule has 3 heterocycles. The number of pyridine rings is 2. The maximum atomic E-state index is 10.6. The van der Waals surface area contributed by atoms with Crippen LogP contribution in [0.5, 0.6) is 0 Å². The van der Waals surface area contributed by atoms with Gasteiger partial charge < -0.3 is 5.32 Å². The van der Waals surface area contributed by atoms with Gasteiger partial charge in [0, 0.05) is 31.2 Å². The smallest absolute Gasteiger partial charge is 0.287 e. The molecule has 0 unspecified atom stereocenters. The van der Waals surface area contributed by atoms with Crippen LogP contribution in [-0.2, 0) is 6.54 Å². The minimum Gasteiger partial charge on any atom is -0.366 e. The fourth-order valence-electron chi connectivity index (χ4n) is 1.86. The highest BCUT2D eigenvalue weighted by atomic mass is 16.6. The summed E-state index contributed by atoms with van der Waals surface area (Å²) in [5, 5.41) is 13.6.